The van der Waals surface area contributed by atoms with Gasteiger partial charge in [-0.2, -0.15) is 5.26 Å². The summed E-state index contributed by atoms with van der Waals surface area (Å²) < 4.78 is 19.1. The molecule has 1 fully saturated rings. The number of carbonyl (C=O) groups is 1. The molecule has 6 heteroatoms. The second-order valence-electron chi connectivity index (χ2n) is 8.16. The summed E-state index contributed by atoms with van der Waals surface area (Å²) in [7, 11) is 3.31. The van der Waals surface area contributed by atoms with Gasteiger partial charge in [-0.25, -0.2) is 4.39 Å². The zero-order valence-corrected chi connectivity index (χ0v) is 18.3. The van der Waals surface area contributed by atoms with Crippen molar-refractivity contribution in [3.63, 3.8) is 0 Å². The summed E-state index contributed by atoms with van der Waals surface area (Å²) in [5.74, 6) is 0.108. The number of ether oxygens (including phenoxy) is 1. The molecule has 0 aromatic heterocycles. The van der Waals surface area contributed by atoms with Gasteiger partial charge in [0.2, 0.25) is 5.91 Å². The summed E-state index contributed by atoms with van der Waals surface area (Å²) in [5, 5.41) is 11.5. The molecule has 0 saturated carbocycles. The standard InChI is InChI=1S/C26H26FN3O2/c1-29(17-23-22-8-4-3-7-19(22)15-20(16-28)25(23)32-2)26(31)24(30-13-5-6-14-30)18-9-11-21(27)12-10-18/h3-4,7-12,15,24H,5-6,13-14,17H2,1-2H3. The van der Waals surface area contributed by atoms with E-state index in [1.54, 1.807) is 31.2 Å². The smallest absolute Gasteiger partial charge is 0.244 e. The van der Waals surface area contributed by atoms with Crippen molar-refractivity contribution >= 4 is 16.7 Å². The van der Waals surface area contributed by atoms with E-state index in [4.69, 9.17) is 4.74 Å². The molecule has 3 aromatic rings. The molecule has 0 aliphatic carbocycles. The minimum atomic E-state index is -0.473. The number of halogens is 1. The predicted octanol–water partition coefficient (Wildman–Crippen LogP) is 4.65. The molecule has 164 valence electrons. The van der Waals surface area contributed by atoms with Gasteiger partial charge in [-0.05, 0) is 60.5 Å². The van der Waals surface area contributed by atoms with Gasteiger partial charge in [-0.15, -0.1) is 0 Å². The average Bonchev–Trinajstić information content (AvgIpc) is 3.34. The Morgan fingerprint density at radius 2 is 1.88 bits per heavy atom. The number of benzene rings is 3. The van der Waals surface area contributed by atoms with Crippen molar-refractivity contribution in [3.8, 4) is 11.8 Å². The molecular weight excluding hydrogens is 405 g/mol. The number of methoxy groups -OCH3 is 1. The van der Waals surface area contributed by atoms with E-state index in [1.807, 2.05) is 30.3 Å². The molecule has 0 bridgehead atoms. The van der Waals surface area contributed by atoms with Crippen LogP contribution in [0.4, 0.5) is 4.39 Å². The van der Waals surface area contributed by atoms with E-state index in [2.05, 4.69) is 11.0 Å². The first-order valence-electron chi connectivity index (χ1n) is 10.8. The van der Waals surface area contributed by atoms with Crippen LogP contribution in [0.15, 0.2) is 54.6 Å². The highest BCUT2D eigenvalue weighted by atomic mass is 19.1. The van der Waals surface area contributed by atoms with Crippen LogP contribution in [-0.2, 0) is 11.3 Å². The Balaban J connectivity index is 1.71. The first-order valence-corrected chi connectivity index (χ1v) is 10.8. The minimum Gasteiger partial charge on any atom is -0.495 e. The molecule has 4 rings (SSSR count). The molecule has 0 spiro atoms. The number of carbonyl (C=O) groups excluding carboxylic acids is 1. The summed E-state index contributed by atoms with van der Waals surface area (Å²) in [6.07, 6.45) is 2.08. The quantitative estimate of drug-likeness (QED) is 0.570. The van der Waals surface area contributed by atoms with Crippen LogP contribution in [0.3, 0.4) is 0 Å². The van der Waals surface area contributed by atoms with E-state index in [9.17, 15) is 14.4 Å². The van der Waals surface area contributed by atoms with Gasteiger partial charge in [0, 0.05) is 19.2 Å². The summed E-state index contributed by atoms with van der Waals surface area (Å²) >= 11 is 0. The topological polar surface area (TPSA) is 56.6 Å². The number of likely N-dealkylation sites (N-methyl/N-ethyl adjacent to an activating group) is 1. The summed E-state index contributed by atoms with van der Waals surface area (Å²) in [5.41, 5.74) is 2.03. The van der Waals surface area contributed by atoms with Gasteiger partial charge in [0.1, 0.15) is 23.7 Å². The maximum absolute atomic E-state index is 13.7. The van der Waals surface area contributed by atoms with Crippen molar-refractivity contribution in [2.24, 2.45) is 0 Å². The minimum absolute atomic E-state index is 0.0630. The van der Waals surface area contributed by atoms with E-state index >= 15 is 0 Å². The zero-order chi connectivity index (χ0) is 22.7. The molecule has 1 amide bonds. The molecule has 1 unspecified atom stereocenters. The van der Waals surface area contributed by atoms with Gasteiger partial charge in [0.05, 0.1) is 12.7 Å². The number of nitriles is 1. The van der Waals surface area contributed by atoms with Crippen molar-refractivity contribution in [2.75, 3.05) is 27.2 Å². The highest BCUT2D eigenvalue weighted by Gasteiger charge is 2.32. The Kier molecular flexibility index (Phi) is 6.38. The van der Waals surface area contributed by atoms with Crippen LogP contribution in [0.2, 0.25) is 0 Å². The van der Waals surface area contributed by atoms with Crippen LogP contribution in [0.5, 0.6) is 5.75 Å². The Hall–Kier alpha value is -3.43. The highest BCUT2D eigenvalue weighted by molar-refractivity contribution is 5.91. The Morgan fingerprint density at radius 1 is 1.19 bits per heavy atom. The molecule has 1 heterocycles. The van der Waals surface area contributed by atoms with E-state index < -0.39 is 6.04 Å². The van der Waals surface area contributed by atoms with Crippen LogP contribution in [0.1, 0.15) is 35.6 Å². The molecule has 1 saturated heterocycles. The van der Waals surface area contributed by atoms with Gasteiger partial charge >= 0.3 is 0 Å². The van der Waals surface area contributed by atoms with Crippen LogP contribution in [0.25, 0.3) is 10.8 Å². The SMILES string of the molecule is COc1c(C#N)cc2ccccc2c1CN(C)C(=O)C(c1ccc(F)cc1)N1CCCC1. The Bertz CT molecular complexity index is 1160. The number of hydrogen-bond donors (Lipinski definition) is 0. The van der Waals surface area contributed by atoms with Gasteiger partial charge in [0.15, 0.2) is 0 Å². The summed E-state index contributed by atoms with van der Waals surface area (Å²) in [6, 6.07) is 17.5. The van der Waals surface area contributed by atoms with Gasteiger partial charge in [0.25, 0.3) is 0 Å². The molecular formula is C26H26FN3O2. The molecule has 1 aliphatic heterocycles. The zero-order valence-electron chi connectivity index (χ0n) is 18.3. The highest BCUT2D eigenvalue weighted by Crippen LogP contribution is 2.34. The van der Waals surface area contributed by atoms with Crippen molar-refractivity contribution in [1.29, 1.82) is 5.26 Å². The van der Waals surface area contributed by atoms with E-state index in [-0.39, 0.29) is 11.7 Å². The molecule has 1 aliphatic rings. The lowest BCUT2D eigenvalue weighted by atomic mass is 9.98. The normalized spacial score (nSPS) is 14.8. The predicted molar refractivity (Wildman–Crippen MR) is 122 cm³/mol. The second-order valence-corrected chi connectivity index (χ2v) is 8.16. The van der Waals surface area contributed by atoms with Crippen molar-refractivity contribution in [1.82, 2.24) is 9.80 Å². The van der Waals surface area contributed by atoms with Gasteiger partial charge in [-0.3, -0.25) is 9.69 Å². The van der Waals surface area contributed by atoms with Gasteiger partial charge < -0.3 is 9.64 Å². The first kappa shape index (κ1) is 21.8. The maximum Gasteiger partial charge on any atom is 0.244 e. The third-order valence-corrected chi connectivity index (χ3v) is 6.13. The van der Waals surface area contributed by atoms with Crippen molar-refractivity contribution in [2.45, 2.75) is 25.4 Å². The third-order valence-electron chi connectivity index (χ3n) is 6.13. The number of likely N-dealkylation sites (tertiary alicyclic amines) is 1. The number of hydrogen-bond acceptors (Lipinski definition) is 4. The van der Waals surface area contributed by atoms with Crippen LogP contribution >= 0.6 is 0 Å². The lowest BCUT2D eigenvalue weighted by molar-refractivity contribution is -0.136. The van der Waals surface area contributed by atoms with Crippen LogP contribution in [0, 0.1) is 17.1 Å². The summed E-state index contributed by atoms with van der Waals surface area (Å²) in [6.45, 7) is 1.96. The fraction of sp³-hybridized carbons (Fsp3) is 0.308. The first-order chi connectivity index (χ1) is 15.5. The molecule has 0 N–H and O–H groups in total. The summed E-state index contributed by atoms with van der Waals surface area (Å²) in [4.78, 5) is 17.5. The molecule has 0 radical (unpaired) electrons. The number of fused-ring (bicyclic) bond motifs is 1. The Morgan fingerprint density at radius 3 is 2.53 bits per heavy atom. The number of nitrogens with zero attached hydrogens (tertiary/aromatic N) is 3. The van der Waals surface area contributed by atoms with Crippen LogP contribution < -0.4 is 4.74 Å². The van der Waals surface area contributed by atoms with Crippen molar-refractivity contribution in [3.05, 3.63) is 77.1 Å². The lowest BCUT2D eigenvalue weighted by Crippen LogP contribution is -2.40. The maximum atomic E-state index is 13.7. The molecule has 32 heavy (non-hydrogen) atoms. The van der Waals surface area contributed by atoms with Crippen molar-refractivity contribution < 1.29 is 13.9 Å². The van der Waals surface area contributed by atoms with E-state index in [0.717, 1.165) is 47.8 Å². The second kappa shape index (κ2) is 9.37. The average molecular weight is 432 g/mol. The Labute approximate surface area is 187 Å². The van der Waals surface area contributed by atoms with E-state index in [0.29, 0.717) is 17.9 Å². The van der Waals surface area contributed by atoms with Crippen LogP contribution in [-0.4, -0.2) is 43.0 Å². The lowest BCUT2D eigenvalue weighted by Gasteiger charge is -2.31. The monoisotopic (exact) mass is 431 g/mol. The molecule has 5 nitrogen and oxygen atoms in total. The number of amides is 1. The largest absolute Gasteiger partial charge is 0.495 e. The molecule has 3 aromatic carbocycles. The molecule has 1 atom stereocenters. The van der Waals surface area contributed by atoms with Gasteiger partial charge in [-0.1, -0.05) is 36.4 Å². The fourth-order valence-electron chi connectivity index (χ4n) is 4.56. The van der Waals surface area contributed by atoms with E-state index in [1.165, 1.54) is 12.1 Å². The number of rotatable bonds is 6. The third kappa shape index (κ3) is 4.17. The fourth-order valence-corrected chi connectivity index (χ4v) is 4.56.